The molecule has 2 atom stereocenters. The van der Waals surface area contributed by atoms with Gasteiger partial charge in [-0.15, -0.1) is 0 Å². The summed E-state index contributed by atoms with van der Waals surface area (Å²) in [7, 11) is 0. The standard InChI is InChI=1S/C14H24N2O3/c1-14(2,3)12-13(18)16(8-11(17)15-12)7-10-5-4-6-19-9-10/h10,12H,4-9H2,1-3H3,(H,15,17). The minimum atomic E-state index is -0.418. The zero-order chi connectivity index (χ0) is 14.0. The highest BCUT2D eigenvalue weighted by Gasteiger charge is 2.40. The molecule has 5 nitrogen and oxygen atoms in total. The number of carbonyl (C=O) groups excluding carboxylic acids is 2. The Balaban J connectivity index is 2.02. The largest absolute Gasteiger partial charge is 0.381 e. The molecule has 2 heterocycles. The Bertz CT molecular complexity index is 356. The van der Waals surface area contributed by atoms with Crippen molar-refractivity contribution in [2.75, 3.05) is 26.3 Å². The van der Waals surface area contributed by atoms with E-state index in [9.17, 15) is 9.59 Å². The van der Waals surface area contributed by atoms with E-state index in [1.165, 1.54) is 0 Å². The molecule has 2 fully saturated rings. The van der Waals surface area contributed by atoms with Gasteiger partial charge in [-0.2, -0.15) is 0 Å². The first-order valence-electron chi connectivity index (χ1n) is 7.04. The Hall–Kier alpha value is -1.10. The second-order valence-corrected chi connectivity index (χ2v) is 6.67. The van der Waals surface area contributed by atoms with Gasteiger partial charge in [0.1, 0.15) is 6.04 Å². The van der Waals surface area contributed by atoms with Crippen LogP contribution in [0.3, 0.4) is 0 Å². The van der Waals surface area contributed by atoms with Crippen LogP contribution in [-0.2, 0) is 14.3 Å². The summed E-state index contributed by atoms with van der Waals surface area (Å²) in [4.78, 5) is 25.9. The third-order valence-electron chi connectivity index (χ3n) is 3.80. The molecular weight excluding hydrogens is 244 g/mol. The van der Waals surface area contributed by atoms with Crippen molar-refractivity contribution in [1.82, 2.24) is 10.2 Å². The maximum absolute atomic E-state index is 12.5. The fraction of sp³-hybridized carbons (Fsp3) is 0.857. The van der Waals surface area contributed by atoms with Gasteiger partial charge in [0.15, 0.2) is 0 Å². The summed E-state index contributed by atoms with van der Waals surface area (Å²) in [6, 6.07) is -0.418. The number of carbonyl (C=O) groups is 2. The van der Waals surface area contributed by atoms with Crippen LogP contribution >= 0.6 is 0 Å². The summed E-state index contributed by atoms with van der Waals surface area (Å²) in [5, 5.41) is 2.81. The fourth-order valence-corrected chi connectivity index (χ4v) is 2.71. The van der Waals surface area contributed by atoms with Crippen molar-refractivity contribution in [2.24, 2.45) is 11.3 Å². The Morgan fingerprint density at radius 1 is 1.37 bits per heavy atom. The van der Waals surface area contributed by atoms with Crippen molar-refractivity contribution >= 4 is 11.8 Å². The van der Waals surface area contributed by atoms with Gasteiger partial charge in [-0.05, 0) is 24.2 Å². The molecule has 0 radical (unpaired) electrons. The molecule has 2 rings (SSSR count). The Labute approximate surface area is 114 Å². The van der Waals surface area contributed by atoms with Gasteiger partial charge >= 0.3 is 0 Å². The van der Waals surface area contributed by atoms with Crippen molar-refractivity contribution in [3.8, 4) is 0 Å². The van der Waals surface area contributed by atoms with Crippen molar-refractivity contribution in [3.05, 3.63) is 0 Å². The van der Waals surface area contributed by atoms with E-state index in [4.69, 9.17) is 4.74 Å². The van der Waals surface area contributed by atoms with Gasteiger partial charge in [-0.1, -0.05) is 20.8 Å². The summed E-state index contributed by atoms with van der Waals surface area (Å²) >= 11 is 0. The Morgan fingerprint density at radius 2 is 2.11 bits per heavy atom. The summed E-state index contributed by atoms with van der Waals surface area (Å²) < 4.78 is 5.44. The number of ether oxygens (including phenoxy) is 1. The molecule has 2 aliphatic heterocycles. The second kappa shape index (κ2) is 5.49. The van der Waals surface area contributed by atoms with Crippen LogP contribution in [0.2, 0.25) is 0 Å². The van der Waals surface area contributed by atoms with E-state index < -0.39 is 6.04 Å². The molecule has 0 spiro atoms. The van der Waals surface area contributed by atoms with Crippen molar-refractivity contribution in [2.45, 2.75) is 39.7 Å². The van der Waals surface area contributed by atoms with E-state index in [1.54, 1.807) is 4.90 Å². The first-order valence-corrected chi connectivity index (χ1v) is 7.04. The van der Waals surface area contributed by atoms with Crippen LogP contribution in [0.5, 0.6) is 0 Å². The highest BCUT2D eigenvalue weighted by atomic mass is 16.5. The van der Waals surface area contributed by atoms with Crippen molar-refractivity contribution in [3.63, 3.8) is 0 Å². The van der Waals surface area contributed by atoms with E-state index in [0.29, 0.717) is 19.1 Å². The summed E-state index contributed by atoms with van der Waals surface area (Å²) in [5.41, 5.74) is -0.255. The van der Waals surface area contributed by atoms with Gasteiger partial charge in [0.2, 0.25) is 11.8 Å². The van der Waals surface area contributed by atoms with E-state index in [1.807, 2.05) is 20.8 Å². The van der Waals surface area contributed by atoms with E-state index in [0.717, 1.165) is 19.4 Å². The van der Waals surface area contributed by atoms with E-state index in [2.05, 4.69) is 5.32 Å². The highest BCUT2D eigenvalue weighted by molar-refractivity contribution is 5.95. The van der Waals surface area contributed by atoms with Crippen LogP contribution in [0.25, 0.3) is 0 Å². The summed E-state index contributed by atoms with van der Waals surface area (Å²) in [5.74, 6) is 0.346. The lowest BCUT2D eigenvalue weighted by atomic mass is 9.84. The number of piperazine rings is 1. The molecular formula is C14H24N2O3. The predicted molar refractivity (Wildman–Crippen MR) is 71.5 cm³/mol. The Kier molecular flexibility index (Phi) is 4.13. The fourth-order valence-electron chi connectivity index (χ4n) is 2.71. The maximum atomic E-state index is 12.5. The minimum Gasteiger partial charge on any atom is -0.381 e. The molecule has 0 aliphatic carbocycles. The number of amides is 2. The van der Waals surface area contributed by atoms with Gasteiger partial charge in [-0.3, -0.25) is 9.59 Å². The minimum absolute atomic E-state index is 0.0395. The molecule has 2 amide bonds. The second-order valence-electron chi connectivity index (χ2n) is 6.67. The smallest absolute Gasteiger partial charge is 0.246 e. The molecule has 2 saturated heterocycles. The SMILES string of the molecule is CC(C)(C)C1NC(=O)CN(CC2CCCOC2)C1=O. The van der Waals surface area contributed by atoms with Gasteiger partial charge in [0.05, 0.1) is 13.2 Å². The molecule has 0 saturated carbocycles. The van der Waals surface area contributed by atoms with Crippen LogP contribution < -0.4 is 5.32 Å². The molecule has 2 aliphatic rings. The van der Waals surface area contributed by atoms with Gasteiger partial charge in [-0.25, -0.2) is 0 Å². The lowest BCUT2D eigenvalue weighted by Crippen LogP contribution is -2.63. The number of hydrogen-bond acceptors (Lipinski definition) is 3. The lowest BCUT2D eigenvalue weighted by Gasteiger charge is -2.40. The van der Waals surface area contributed by atoms with Crippen LogP contribution in [0.15, 0.2) is 0 Å². The van der Waals surface area contributed by atoms with Crippen LogP contribution in [0, 0.1) is 11.3 Å². The van der Waals surface area contributed by atoms with Gasteiger partial charge < -0.3 is 15.0 Å². The first kappa shape index (κ1) is 14.3. The maximum Gasteiger partial charge on any atom is 0.246 e. The number of rotatable bonds is 2. The summed E-state index contributed by atoms with van der Waals surface area (Å²) in [6.45, 7) is 8.26. The first-order chi connectivity index (χ1) is 8.88. The molecule has 0 aromatic carbocycles. The topological polar surface area (TPSA) is 58.6 Å². The third-order valence-corrected chi connectivity index (χ3v) is 3.80. The lowest BCUT2D eigenvalue weighted by molar-refractivity contribution is -0.148. The normalized spacial score (nSPS) is 29.3. The Morgan fingerprint density at radius 3 is 2.68 bits per heavy atom. The van der Waals surface area contributed by atoms with E-state index >= 15 is 0 Å². The monoisotopic (exact) mass is 268 g/mol. The van der Waals surface area contributed by atoms with Crippen LogP contribution in [-0.4, -0.2) is 49.1 Å². The molecule has 0 aromatic heterocycles. The van der Waals surface area contributed by atoms with Gasteiger partial charge in [0, 0.05) is 13.2 Å². The highest BCUT2D eigenvalue weighted by Crippen LogP contribution is 2.24. The van der Waals surface area contributed by atoms with Crippen molar-refractivity contribution in [1.29, 1.82) is 0 Å². The zero-order valence-electron chi connectivity index (χ0n) is 12.1. The predicted octanol–water partition coefficient (Wildman–Crippen LogP) is 0.786. The van der Waals surface area contributed by atoms with Crippen LogP contribution in [0.1, 0.15) is 33.6 Å². The molecule has 0 bridgehead atoms. The van der Waals surface area contributed by atoms with Gasteiger partial charge in [0.25, 0.3) is 0 Å². The van der Waals surface area contributed by atoms with E-state index in [-0.39, 0.29) is 23.8 Å². The molecule has 108 valence electrons. The average Bonchev–Trinajstić information content (AvgIpc) is 2.33. The van der Waals surface area contributed by atoms with Crippen LogP contribution in [0.4, 0.5) is 0 Å². The molecule has 5 heteroatoms. The molecule has 19 heavy (non-hydrogen) atoms. The molecule has 0 aromatic rings. The average molecular weight is 268 g/mol. The zero-order valence-corrected chi connectivity index (χ0v) is 12.1. The quantitative estimate of drug-likeness (QED) is 0.805. The summed E-state index contributed by atoms with van der Waals surface area (Å²) in [6.07, 6.45) is 2.12. The number of hydrogen-bond donors (Lipinski definition) is 1. The number of nitrogens with zero attached hydrogens (tertiary/aromatic N) is 1. The molecule has 1 N–H and O–H groups in total. The molecule has 2 unspecified atom stereocenters. The third kappa shape index (κ3) is 3.47. The van der Waals surface area contributed by atoms with Crippen molar-refractivity contribution < 1.29 is 14.3 Å². The number of nitrogens with one attached hydrogen (secondary N) is 1.